The van der Waals surface area contributed by atoms with Gasteiger partial charge in [0.05, 0.1) is 4.92 Å². The molecule has 1 fully saturated rings. The van der Waals surface area contributed by atoms with Crippen LogP contribution < -0.4 is 0 Å². The lowest BCUT2D eigenvalue weighted by Crippen LogP contribution is -2.37. The van der Waals surface area contributed by atoms with Crippen molar-refractivity contribution < 1.29 is 10.0 Å². The zero-order valence-corrected chi connectivity index (χ0v) is 21.3. The summed E-state index contributed by atoms with van der Waals surface area (Å²) < 4.78 is 0. The average Bonchev–Trinajstić information content (AvgIpc) is 2.92. The Kier molecular flexibility index (Phi) is 8.68. The summed E-state index contributed by atoms with van der Waals surface area (Å²) in [6, 6.07) is 26.5. The molecule has 0 saturated carbocycles. The minimum absolute atomic E-state index is 0.0813. The fourth-order valence-corrected chi connectivity index (χ4v) is 5.24. The lowest BCUT2D eigenvalue weighted by Gasteiger charge is -2.34. The molecular weight excluding hydrogens is 448 g/mol. The number of non-ortho nitro benzene ring substituents is 1. The van der Waals surface area contributed by atoms with Crippen molar-refractivity contribution in [1.82, 2.24) is 4.90 Å². The molecule has 0 aromatic heterocycles. The van der Waals surface area contributed by atoms with Gasteiger partial charge in [-0.25, -0.2) is 0 Å². The summed E-state index contributed by atoms with van der Waals surface area (Å²) in [5.41, 5.74) is 6.78. The molecule has 1 saturated heterocycles. The van der Waals surface area contributed by atoms with Crippen LogP contribution in [0.5, 0.6) is 0 Å². The van der Waals surface area contributed by atoms with E-state index in [9.17, 15) is 15.2 Å². The first-order valence-electron chi connectivity index (χ1n) is 13.0. The average molecular weight is 485 g/mol. The highest BCUT2D eigenvalue weighted by Gasteiger charge is 2.22. The van der Waals surface area contributed by atoms with Gasteiger partial charge in [-0.3, -0.25) is 10.1 Å². The highest BCUT2D eigenvalue weighted by atomic mass is 16.6. The van der Waals surface area contributed by atoms with Crippen molar-refractivity contribution in [1.29, 1.82) is 0 Å². The summed E-state index contributed by atoms with van der Waals surface area (Å²) in [6.45, 7) is 6.91. The molecule has 188 valence electrons. The molecule has 1 heterocycles. The summed E-state index contributed by atoms with van der Waals surface area (Å²) in [6.07, 6.45) is 3.71. The van der Waals surface area contributed by atoms with Gasteiger partial charge in [-0.2, -0.15) is 0 Å². The molecule has 0 spiro atoms. The van der Waals surface area contributed by atoms with E-state index in [4.69, 9.17) is 0 Å². The molecule has 0 amide bonds. The molecule has 0 bridgehead atoms. The van der Waals surface area contributed by atoms with E-state index in [0.717, 1.165) is 40.9 Å². The van der Waals surface area contributed by atoms with Crippen molar-refractivity contribution in [3.8, 4) is 0 Å². The number of allylic oxidation sites excluding steroid dienone is 1. The Morgan fingerprint density at radius 1 is 0.917 bits per heavy atom. The van der Waals surface area contributed by atoms with E-state index in [1.165, 1.54) is 18.4 Å². The van der Waals surface area contributed by atoms with Crippen molar-refractivity contribution in [2.45, 2.75) is 51.5 Å². The Morgan fingerprint density at radius 3 is 2.03 bits per heavy atom. The number of aliphatic hydroxyl groups is 1. The smallest absolute Gasteiger partial charge is 0.269 e. The topological polar surface area (TPSA) is 66.6 Å². The zero-order chi connectivity index (χ0) is 25.5. The number of piperidine rings is 1. The van der Waals surface area contributed by atoms with E-state index in [1.807, 2.05) is 30.3 Å². The van der Waals surface area contributed by atoms with Gasteiger partial charge in [-0.05, 0) is 104 Å². The SMILES string of the molecule is CC(C)N1CCC(c2ccc(/C(=C(/CCCO)c3ccccc3)c3ccc([N+](=O)[O-])cc3)cc2)CC1. The summed E-state index contributed by atoms with van der Waals surface area (Å²) in [5.74, 6) is 0.573. The van der Waals surface area contributed by atoms with Gasteiger partial charge in [0, 0.05) is 24.8 Å². The van der Waals surface area contributed by atoms with Gasteiger partial charge in [-0.15, -0.1) is 0 Å². The minimum atomic E-state index is -0.365. The molecular formula is C31H36N2O3. The number of nitrogens with zero attached hydrogens (tertiary/aromatic N) is 2. The van der Waals surface area contributed by atoms with E-state index in [0.29, 0.717) is 24.8 Å². The van der Waals surface area contributed by atoms with Gasteiger partial charge in [0.2, 0.25) is 0 Å². The predicted molar refractivity (Wildman–Crippen MR) is 147 cm³/mol. The van der Waals surface area contributed by atoms with Gasteiger partial charge in [-0.1, -0.05) is 54.6 Å². The highest BCUT2D eigenvalue weighted by molar-refractivity contribution is 5.98. The fraction of sp³-hybridized carbons (Fsp3) is 0.355. The Labute approximate surface area is 214 Å². The maximum absolute atomic E-state index is 11.3. The molecule has 36 heavy (non-hydrogen) atoms. The van der Waals surface area contributed by atoms with Crippen LogP contribution in [0.4, 0.5) is 5.69 Å². The number of hydrogen-bond acceptors (Lipinski definition) is 4. The number of rotatable bonds is 9. The van der Waals surface area contributed by atoms with Crippen LogP contribution in [-0.4, -0.2) is 40.7 Å². The summed E-state index contributed by atoms with van der Waals surface area (Å²) >= 11 is 0. The van der Waals surface area contributed by atoms with Gasteiger partial charge >= 0.3 is 0 Å². The Morgan fingerprint density at radius 2 is 1.50 bits per heavy atom. The predicted octanol–water partition coefficient (Wildman–Crippen LogP) is 6.91. The first-order valence-corrected chi connectivity index (χ1v) is 13.0. The normalized spacial score (nSPS) is 15.7. The second-order valence-corrected chi connectivity index (χ2v) is 9.88. The van der Waals surface area contributed by atoms with Crippen molar-refractivity contribution in [2.75, 3.05) is 19.7 Å². The fourth-order valence-electron chi connectivity index (χ4n) is 5.24. The van der Waals surface area contributed by atoms with Crippen LogP contribution in [0.1, 0.15) is 67.7 Å². The second kappa shape index (κ2) is 12.1. The Balaban J connectivity index is 1.74. The summed E-state index contributed by atoms with van der Waals surface area (Å²) in [5, 5.41) is 20.9. The second-order valence-electron chi connectivity index (χ2n) is 9.88. The number of aliphatic hydroxyl groups excluding tert-OH is 1. The molecule has 0 unspecified atom stereocenters. The third kappa shape index (κ3) is 6.10. The van der Waals surface area contributed by atoms with Crippen molar-refractivity contribution in [2.24, 2.45) is 0 Å². The molecule has 0 aliphatic carbocycles. The van der Waals surface area contributed by atoms with Gasteiger partial charge in [0.1, 0.15) is 0 Å². The van der Waals surface area contributed by atoms with Crippen LogP contribution in [-0.2, 0) is 0 Å². The van der Waals surface area contributed by atoms with E-state index >= 15 is 0 Å². The Bertz CT molecular complexity index is 1160. The van der Waals surface area contributed by atoms with Crippen molar-refractivity contribution >= 4 is 16.8 Å². The van der Waals surface area contributed by atoms with Gasteiger partial charge in [0.25, 0.3) is 5.69 Å². The molecule has 5 nitrogen and oxygen atoms in total. The molecule has 5 heteroatoms. The lowest BCUT2D eigenvalue weighted by molar-refractivity contribution is -0.384. The molecule has 1 aliphatic heterocycles. The van der Waals surface area contributed by atoms with Crippen LogP contribution in [0.15, 0.2) is 78.9 Å². The number of nitro groups is 1. The summed E-state index contributed by atoms with van der Waals surface area (Å²) in [4.78, 5) is 13.4. The standard InChI is InChI=1S/C31H36N2O3/c1-23(2)32-20-18-25(19-21-32)24-10-12-27(13-11-24)31(28-14-16-29(17-15-28)33(35)36)30(9-6-22-34)26-7-4-3-5-8-26/h3-5,7-8,10-17,23,25,34H,6,9,18-22H2,1-2H3/b31-30+. The van der Waals surface area contributed by atoms with Crippen LogP contribution in [0.2, 0.25) is 0 Å². The molecule has 3 aromatic carbocycles. The van der Waals surface area contributed by atoms with Crippen LogP contribution in [0.3, 0.4) is 0 Å². The largest absolute Gasteiger partial charge is 0.396 e. The molecule has 4 rings (SSSR count). The first-order chi connectivity index (χ1) is 17.5. The van der Waals surface area contributed by atoms with Crippen molar-refractivity contribution in [3.05, 3.63) is 111 Å². The summed E-state index contributed by atoms with van der Waals surface area (Å²) in [7, 11) is 0. The third-order valence-corrected chi connectivity index (χ3v) is 7.31. The maximum atomic E-state index is 11.3. The van der Waals surface area contributed by atoms with E-state index in [2.05, 4.69) is 55.1 Å². The van der Waals surface area contributed by atoms with Crippen molar-refractivity contribution in [3.63, 3.8) is 0 Å². The molecule has 0 radical (unpaired) electrons. The highest BCUT2D eigenvalue weighted by Crippen LogP contribution is 2.37. The first kappa shape index (κ1) is 25.8. The number of hydrogen-bond donors (Lipinski definition) is 1. The third-order valence-electron chi connectivity index (χ3n) is 7.31. The van der Waals surface area contributed by atoms with Crippen LogP contribution in [0, 0.1) is 10.1 Å². The quantitative estimate of drug-likeness (QED) is 0.203. The van der Waals surface area contributed by atoms with Crippen LogP contribution >= 0.6 is 0 Å². The number of benzene rings is 3. The van der Waals surface area contributed by atoms with E-state index in [1.54, 1.807) is 12.1 Å². The van der Waals surface area contributed by atoms with E-state index in [-0.39, 0.29) is 17.2 Å². The lowest BCUT2D eigenvalue weighted by atomic mass is 9.85. The zero-order valence-electron chi connectivity index (χ0n) is 21.3. The number of nitro benzene ring substituents is 1. The van der Waals surface area contributed by atoms with Gasteiger partial charge < -0.3 is 10.0 Å². The monoisotopic (exact) mass is 484 g/mol. The molecule has 3 aromatic rings. The molecule has 1 aliphatic rings. The minimum Gasteiger partial charge on any atom is -0.396 e. The van der Waals surface area contributed by atoms with E-state index < -0.39 is 0 Å². The van der Waals surface area contributed by atoms with Gasteiger partial charge in [0.15, 0.2) is 0 Å². The van der Waals surface area contributed by atoms with Crippen LogP contribution in [0.25, 0.3) is 11.1 Å². The number of likely N-dealkylation sites (tertiary alicyclic amines) is 1. The Hall–Kier alpha value is -3.28. The maximum Gasteiger partial charge on any atom is 0.269 e. The molecule has 0 atom stereocenters. The molecule has 1 N–H and O–H groups in total.